The van der Waals surface area contributed by atoms with Crippen molar-refractivity contribution in [2.75, 3.05) is 13.7 Å². The number of methoxy groups -OCH3 is 1. The molecule has 0 fully saturated rings. The summed E-state index contributed by atoms with van der Waals surface area (Å²) in [6, 6.07) is 2.40. The molecule has 0 saturated heterocycles. The van der Waals surface area contributed by atoms with Crippen LogP contribution >= 0.6 is 0 Å². The standard InChI is InChI=1S/C21H25NO7/c1-13-5-3-7-17(28-12-19(25)27-2)8-4-6-15(22)9-14-10-16(23)11-18(24)20(14)21(26)29-13/h3-4,6-7,10-11,13,17,22-24H,5,8-9,12H2,1-2H3/b6-4+,7-3+,22-15?/t13-,17-/m1/s1. The largest absolute Gasteiger partial charge is 0.508 e. The summed E-state index contributed by atoms with van der Waals surface area (Å²) < 4.78 is 15.5. The van der Waals surface area contributed by atoms with Crippen LogP contribution in [0.15, 0.2) is 36.4 Å². The van der Waals surface area contributed by atoms with E-state index >= 15 is 0 Å². The Hall–Kier alpha value is -3.13. The Morgan fingerprint density at radius 3 is 2.76 bits per heavy atom. The summed E-state index contributed by atoms with van der Waals surface area (Å²) in [5, 5.41) is 28.0. The molecule has 2 atom stereocenters. The lowest BCUT2D eigenvalue weighted by Crippen LogP contribution is -2.19. The van der Waals surface area contributed by atoms with Crippen molar-refractivity contribution < 1.29 is 34.0 Å². The number of hydrogen-bond donors (Lipinski definition) is 3. The second kappa shape index (κ2) is 10.4. The predicted octanol–water partition coefficient (Wildman–Crippen LogP) is 2.67. The molecule has 0 bridgehead atoms. The number of esters is 2. The van der Waals surface area contributed by atoms with Gasteiger partial charge in [0.2, 0.25) is 0 Å². The van der Waals surface area contributed by atoms with Crippen LogP contribution in [0.4, 0.5) is 0 Å². The van der Waals surface area contributed by atoms with E-state index in [4.69, 9.17) is 14.9 Å². The average molecular weight is 403 g/mol. The number of allylic oxidation sites excluding steroid dienone is 1. The van der Waals surface area contributed by atoms with E-state index in [1.54, 1.807) is 31.2 Å². The van der Waals surface area contributed by atoms with Crippen molar-refractivity contribution in [1.29, 1.82) is 5.41 Å². The van der Waals surface area contributed by atoms with Gasteiger partial charge in [0.25, 0.3) is 0 Å². The van der Waals surface area contributed by atoms with E-state index in [9.17, 15) is 19.8 Å². The first-order chi connectivity index (χ1) is 13.8. The van der Waals surface area contributed by atoms with Gasteiger partial charge in [-0.25, -0.2) is 9.59 Å². The van der Waals surface area contributed by atoms with Gasteiger partial charge in [-0.1, -0.05) is 18.2 Å². The fourth-order valence-corrected chi connectivity index (χ4v) is 2.80. The molecule has 0 unspecified atom stereocenters. The van der Waals surface area contributed by atoms with Crippen molar-refractivity contribution in [1.82, 2.24) is 0 Å². The molecule has 0 radical (unpaired) electrons. The monoisotopic (exact) mass is 403 g/mol. The molecule has 1 aromatic carbocycles. The molecule has 8 nitrogen and oxygen atoms in total. The van der Waals surface area contributed by atoms with Crippen molar-refractivity contribution in [2.24, 2.45) is 0 Å². The van der Waals surface area contributed by atoms with E-state index in [0.29, 0.717) is 18.4 Å². The number of benzene rings is 1. The van der Waals surface area contributed by atoms with Gasteiger partial charge in [0, 0.05) is 24.6 Å². The number of cyclic esters (lactones) is 1. The van der Waals surface area contributed by atoms with Crippen LogP contribution in [0, 0.1) is 5.41 Å². The van der Waals surface area contributed by atoms with Gasteiger partial charge in [0.15, 0.2) is 0 Å². The topological polar surface area (TPSA) is 126 Å². The molecular weight excluding hydrogens is 378 g/mol. The van der Waals surface area contributed by atoms with Crippen molar-refractivity contribution in [3.05, 3.63) is 47.6 Å². The van der Waals surface area contributed by atoms with Crippen LogP contribution in [0.1, 0.15) is 35.7 Å². The maximum Gasteiger partial charge on any atom is 0.342 e. The molecule has 1 aliphatic heterocycles. The van der Waals surface area contributed by atoms with Crippen LogP contribution in [0.25, 0.3) is 0 Å². The van der Waals surface area contributed by atoms with Gasteiger partial charge < -0.3 is 29.8 Å². The minimum absolute atomic E-state index is 0.0147. The van der Waals surface area contributed by atoms with Gasteiger partial charge in [0.05, 0.1) is 13.2 Å². The second-order valence-corrected chi connectivity index (χ2v) is 6.64. The maximum absolute atomic E-state index is 12.5. The van der Waals surface area contributed by atoms with E-state index in [2.05, 4.69) is 4.74 Å². The average Bonchev–Trinajstić information content (AvgIpc) is 2.63. The highest BCUT2D eigenvalue weighted by molar-refractivity contribution is 5.99. The summed E-state index contributed by atoms with van der Waals surface area (Å²) in [6.07, 6.45) is 6.75. The summed E-state index contributed by atoms with van der Waals surface area (Å²) in [4.78, 5) is 23.9. The zero-order valence-electron chi connectivity index (χ0n) is 16.4. The molecule has 0 spiro atoms. The van der Waals surface area contributed by atoms with Gasteiger partial charge in [-0.15, -0.1) is 0 Å². The van der Waals surface area contributed by atoms with Crippen molar-refractivity contribution in [2.45, 2.75) is 38.4 Å². The zero-order valence-corrected chi connectivity index (χ0v) is 16.4. The van der Waals surface area contributed by atoms with Gasteiger partial charge in [-0.05, 0) is 31.1 Å². The second-order valence-electron chi connectivity index (χ2n) is 6.64. The lowest BCUT2D eigenvalue weighted by atomic mass is 9.99. The van der Waals surface area contributed by atoms with Crippen molar-refractivity contribution in [3.8, 4) is 11.5 Å². The van der Waals surface area contributed by atoms with Gasteiger partial charge in [0.1, 0.15) is 29.8 Å². The number of carbonyl (C=O) groups excluding carboxylic acids is 2. The molecule has 0 aliphatic carbocycles. The lowest BCUT2D eigenvalue weighted by Gasteiger charge is -2.16. The molecule has 29 heavy (non-hydrogen) atoms. The molecule has 3 N–H and O–H groups in total. The van der Waals surface area contributed by atoms with E-state index < -0.39 is 29.9 Å². The fourth-order valence-electron chi connectivity index (χ4n) is 2.80. The number of rotatable bonds is 3. The van der Waals surface area contributed by atoms with E-state index in [0.717, 1.165) is 6.07 Å². The Morgan fingerprint density at radius 1 is 1.28 bits per heavy atom. The number of phenols is 2. The van der Waals surface area contributed by atoms with Crippen molar-refractivity contribution >= 4 is 17.7 Å². The molecule has 1 aromatic rings. The highest BCUT2D eigenvalue weighted by atomic mass is 16.6. The summed E-state index contributed by atoms with van der Waals surface area (Å²) in [6.45, 7) is 1.50. The quantitative estimate of drug-likeness (QED) is 0.523. The smallest absolute Gasteiger partial charge is 0.342 e. The SMILES string of the molecule is COC(=O)CO[C@@H]1/C=C/C[C@@H](C)OC(=O)c2c(O)cc(O)cc2CC(=N)/C=C/C1. The third-order valence-electron chi connectivity index (χ3n) is 4.23. The minimum atomic E-state index is -0.731. The van der Waals surface area contributed by atoms with Gasteiger partial charge in [-0.2, -0.15) is 0 Å². The Bertz CT molecular complexity index is 829. The first-order valence-corrected chi connectivity index (χ1v) is 9.15. The number of fused-ring (bicyclic) bond motifs is 1. The number of hydrogen-bond acceptors (Lipinski definition) is 8. The van der Waals surface area contributed by atoms with Crippen LogP contribution in [0.5, 0.6) is 11.5 Å². The zero-order chi connectivity index (χ0) is 21.4. The maximum atomic E-state index is 12.5. The summed E-state index contributed by atoms with van der Waals surface area (Å²) >= 11 is 0. The number of carbonyl (C=O) groups is 2. The fraction of sp³-hybridized carbons (Fsp3) is 0.381. The molecule has 0 saturated carbocycles. The molecule has 0 aromatic heterocycles. The molecule has 2 rings (SSSR count). The molecule has 0 amide bonds. The number of aromatic hydroxyl groups is 2. The van der Waals surface area contributed by atoms with E-state index in [1.165, 1.54) is 13.2 Å². The van der Waals surface area contributed by atoms with E-state index in [1.807, 2.05) is 0 Å². The summed E-state index contributed by atoms with van der Waals surface area (Å²) in [5.41, 5.74) is 0.387. The summed E-state index contributed by atoms with van der Waals surface area (Å²) in [5.74, 6) is -1.83. The van der Waals surface area contributed by atoms with Gasteiger partial charge >= 0.3 is 11.9 Å². The number of nitrogens with one attached hydrogen (secondary N) is 1. The minimum Gasteiger partial charge on any atom is -0.508 e. The van der Waals surface area contributed by atoms with Crippen LogP contribution < -0.4 is 0 Å². The van der Waals surface area contributed by atoms with Crippen molar-refractivity contribution in [3.63, 3.8) is 0 Å². The molecule has 1 aliphatic rings. The summed E-state index contributed by atoms with van der Waals surface area (Å²) in [7, 11) is 1.28. The molecule has 156 valence electrons. The molecular formula is C21H25NO7. The molecule has 8 heteroatoms. The normalized spacial score (nSPS) is 22.7. The van der Waals surface area contributed by atoms with Crippen LogP contribution in [0.2, 0.25) is 0 Å². The number of ether oxygens (including phenoxy) is 3. The highest BCUT2D eigenvalue weighted by Crippen LogP contribution is 2.29. The highest BCUT2D eigenvalue weighted by Gasteiger charge is 2.22. The van der Waals surface area contributed by atoms with Gasteiger partial charge in [-0.3, -0.25) is 0 Å². The lowest BCUT2D eigenvalue weighted by molar-refractivity contribution is -0.147. The van der Waals surface area contributed by atoms with E-state index in [-0.39, 0.29) is 30.1 Å². The van der Waals surface area contributed by atoms with Crippen LogP contribution in [0.3, 0.4) is 0 Å². The molecule has 1 heterocycles. The Morgan fingerprint density at radius 2 is 2.03 bits per heavy atom. The predicted molar refractivity (Wildman–Crippen MR) is 105 cm³/mol. The van der Waals surface area contributed by atoms with Crippen LogP contribution in [-0.4, -0.2) is 53.8 Å². The first kappa shape index (κ1) is 22.2. The Kier molecular flexibility index (Phi) is 7.97. The first-order valence-electron chi connectivity index (χ1n) is 9.15. The Labute approximate surface area is 168 Å². The third kappa shape index (κ3) is 6.76. The number of phenolic OH excluding ortho intramolecular Hbond substituents is 2. The van der Waals surface area contributed by atoms with Crippen LogP contribution in [-0.2, 0) is 25.4 Å². The third-order valence-corrected chi connectivity index (χ3v) is 4.23. The Balaban J connectivity index is 2.27.